The highest BCUT2D eigenvalue weighted by Gasteiger charge is 2.24. The van der Waals surface area contributed by atoms with Crippen LogP contribution in [-0.4, -0.2) is 41.6 Å². The second-order valence-electron chi connectivity index (χ2n) is 5.54. The molecular formula is C19H18ClN3O2S. The van der Waals surface area contributed by atoms with Crippen LogP contribution < -0.4 is 0 Å². The molecule has 3 rings (SSSR count). The molecule has 7 heteroatoms. The van der Waals surface area contributed by atoms with E-state index in [1.807, 2.05) is 42.7 Å². The van der Waals surface area contributed by atoms with Crippen molar-refractivity contribution in [2.24, 2.45) is 0 Å². The molecule has 0 saturated heterocycles. The zero-order chi connectivity index (χ0) is 18.7. The van der Waals surface area contributed by atoms with Crippen LogP contribution in [0, 0.1) is 0 Å². The van der Waals surface area contributed by atoms with Gasteiger partial charge in [0.05, 0.1) is 7.11 Å². The minimum absolute atomic E-state index is 0.308. The maximum Gasteiger partial charge on any atom is 0.295 e. The summed E-state index contributed by atoms with van der Waals surface area (Å²) < 4.78 is 0. The average Bonchev–Trinajstić information content (AvgIpc) is 3.12. The maximum absolute atomic E-state index is 12.7. The Balaban J connectivity index is 2.16. The number of thioether (sulfide) groups is 1. The van der Waals surface area contributed by atoms with Gasteiger partial charge in [-0.2, -0.15) is 5.10 Å². The first kappa shape index (κ1) is 18.5. The lowest BCUT2D eigenvalue weighted by Crippen LogP contribution is -2.26. The van der Waals surface area contributed by atoms with Gasteiger partial charge >= 0.3 is 0 Å². The van der Waals surface area contributed by atoms with Gasteiger partial charge in [0.1, 0.15) is 11.4 Å². The molecule has 0 aliphatic heterocycles. The van der Waals surface area contributed by atoms with Crippen LogP contribution in [0.15, 0.2) is 53.4 Å². The van der Waals surface area contributed by atoms with Crippen molar-refractivity contribution in [2.45, 2.75) is 4.90 Å². The number of carbonyl (C=O) groups excluding carboxylic acids is 1. The van der Waals surface area contributed by atoms with Crippen molar-refractivity contribution in [3.8, 4) is 22.4 Å². The normalized spacial score (nSPS) is 10.8. The molecule has 0 aliphatic rings. The number of benzene rings is 2. The van der Waals surface area contributed by atoms with E-state index in [9.17, 15) is 4.79 Å². The number of nitrogens with zero attached hydrogens (tertiary/aromatic N) is 2. The summed E-state index contributed by atoms with van der Waals surface area (Å²) in [5, 5.41) is 9.07. The molecule has 5 nitrogen and oxygen atoms in total. The second-order valence-corrected chi connectivity index (χ2v) is 6.86. The molecule has 0 unspecified atom stereocenters. The Morgan fingerprint density at radius 1 is 1.12 bits per heavy atom. The van der Waals surface area contributed by atoms with Crippen molar-refractivity contribution in [3.05, 3.63) is 59.2 Å². The first-order chi connectivity index (χ1) is 12.5. The molecule has 0 atom stereocenters. The highest BCUT2D eigenvalue weighted by molar-refractivity contribution is 7.98. The van der Waals surface area contributed by atoms with Gasteiger partial charge in [0, 0.05) is 28.1 Å². The summed E-state index contributed by atoms with van der Waals surface area (Å²) in [7, 11) is 3.00. The maximum atomic E-state index is 12.7. The van der Waals surface area contributed by atoms with Crippen LogP contribution in [0.3, 0.4) is 0 Å². The number of halogens is 1. The number of hydrogen-bond acceptors (Lipinski definition) is 4. The molecule has 134 valence electrons. The lowest BCUT2D eigenvalue weighted by atomic mass is 9.98. The third-order valence-corrected chi connectivity index (χ3v) is 5.03. The Morgan fingerprint density at radius 2 is 1.73 bits per heavy atom. The van der Waals surface area contributed by atoms with E-state index in [-0.39, 0.29) is 5.91 Å². The molecule has 0 aliphatic carbocycles. The summed E-state index contributed by atoms with van der Waals surface area (Å²) in [6, 6.07) is 15.4. The Labute approximate surface area is 161 Å². The van der Waals surface area contributed by atoms with Crippen molar-refractivity contribution in [1.82, 2.24) is 15.3 Å². The fourth-order valence-corrected chi connectivity index (χ4v) is 3.13. The predicted molar refractivity (Wildman–Crippen MR) is 105 cm³/mol. The summed E-state index contributed by atoms with van der Waals surface area (Å²) in [6.45, 7) is 0. The lowest BCUT2D eigenvalue weighted by Gasteiger charge is -2.14. The molecule has 0 saturated carbocycles. The smallest absolute Gasteiger partial charge is 0.274 e. The minimum atomic E-state index is -0.308. The van der Waals surface area contributed by atoms with Gasteiger partial charge in [0.25, 0.3) is 5.91 Å². The summed E-state index contributed by atoms with van der Waals surface area (Å²) in [5.74, 6) is -0.308. The molecular weight excluding hydrogens is 370 g/mol. The van der Waals surface area contributed by atoms with Crippen molar-refractivity contribution in [1.29, 1.82) is 0 Å². The van der Waals surface area contributed by atoms with Gasteiger partial charge in [-0.25, -0.2) is 5.06 Å². The fourth-order valence-electron chi connectivity index (χ4n) is 2.59. The van der Waals surface area contributed by atoms with Crippen LogP contribution in [0.2, 0.25) is 5.02 Å². The quantitative estimate of drug-likeness (QED) is 0.507. The van der Waals surface area contributed by atoms with E-state index in [1.54, 1.807) is 30.9 Å². The van der Waals surface area contributed by atoms with Gasteiger partial charge in [-0.15, -0.1) is 11.8 Å². The molecule has 2 aromatic carbocycles. The summed E-state index contributed by atoms with van der Waals surface area (Å²) >= 11 is 7.69. The predicted octanol–water partition coefficient (Wildman–Crippen LogP) is 4.75. The van der Waals surface area contributed by atoms with Crippen molar-refractivity contribution < 1.29 is 9.63 Å². The number of hydrogen-bond donors (Lipinski definition) is 1. The number of carbonyl (C=O) groups is 1. The van der Waals surface area contributed by atoms with E-state index in [2.05, 4.69) is 10.2 Å². The average molecular weight is 388 g/mol. The number of rotatable bonds is 5. The Bertz CT molecular complexity index is 908. The van der Waals surface area contributed by atoms with E-state index in [1.165, 1.54) is 7.11 Å². The molecule has 0 spiro atoms. The molecule has 26 heavy (non-hydrogen) atoms. The van der Waals surface area contributed by atoms with Gasteiger partial charge in [-0.05, 0) is 36.1 Å². The molecule has 1 aromatic heterocycles. The zero-order valence-electron chi connectivity index (χ0n) is 14.6. The molecule has 0 radical (unpaired) electrons. The summed E-state index contributed by atoms with van der Waals surface area (Å²) in [4.78, 5) is 18.9. The Kier molecular flexibility index (Phi) is 5.66. The summed E-state index contributed by atoms with van der Waals surface area (Å²) in [5.41, 5.74) is 3.55. The minimum Gasteiger partial charge on any atom is -0.274 e. The molecule has 1 heterocycles. The fraction of sp³-hybridized carbons (Fsp3) is 0.158. The summed E-state index contributed by atoms with van der Waals surface area (Å²) in [6.07, 6.45) is 2.03. The lowest BCUT2D eigenvalue weighted by molar-refractivity contribution is -0.0760. The van der Waals surface area contributed by atoms with Crippen molar-refractivity contribution >= 4 is 29.3 Å². The standard InChI is InChI=1S/C19H18ClN3O2S/c1-23(25-2)19(24)18-16(12-4-8-14(20)9-5-12)17(21-22-18)13-6-10-15(26-3)11-7-13/h4-11H,1-3H3,(H,21,22). The molecule has 0 fully saturated rings. The Morgan fingerprint density at radius 3 is 2.31 bits per heavy atom. The number of amides is 1. The van der Waals surface area contributed by atoms with Gasteiger partial charge in [0.15, 0.2) is 0 Å². The highest BCUT2D eigenvalue weighted by Crippen LogP contribution is 2.35. The van der Waals surface area contributed by atoms with E-state index >= 15 is 0 Å². The topological polar surface area (TPSA) is 58.2 Å². The van der Waals surface area contributed by atoms with E-state index in [4.69, 9.17) is 16.4 Å². The number of nitrogens with one attached hydrogen (secondary N) is 1. The van der Waals surface area contributed by atoms with Crippen LogP contribution in [-0.2, 0) is 4.84 Å². The molecule has 3 aromatic rings. The number of aromatic amines is 1. The molecule has 1 amide bonds. The van der Waals surface area contributed by atoms with Gasteiger partial charge < -0.3 is 0 Å². The highest BCUT2D eigenvalue weighted by atomic mass is 35.5. The second kappa shape index (κ2) is 7.95. The van der Waals surface area contributed by atoms with Crippen LogP contribution in [0.1, 0.15) is 10.5 Å². The third kappa shape index (κ3) is 3.62. The number of H-pyrrole nitrogens is 1. The SMILES string of the molecule is CON(C)C(=O)c1[nH]nc(-c2ccc(SC)cc2)c1-c1ccc(Cl)cc1. The van der Waals surface area contributed by atoms with Crippen LogP contribution in [0.25, 0.3) is 22.4 Å². The largest absolute Gasteiger partial charge is 0.295 e. The first-order valence-corrected chi connectivity index (χ1v) is 9.46. The van der Waals surface area contributed by atoms with Crippen LogP contribution >= 0.6 is 23.4 Å². The monoisotopic (exact) mass is 387 g/mol. The van der Waals surface area contributed by atoms with Gasteiger partial charge in [0.2, 0.25) is 0 Å². The molecule has 1 N–H and O–H groups in total. The Hall–Kier alpha value is -2.28. The first-order valence-electron chi connectivity index (χ1n) is 7.86. The van der Waals surface area contributed by atoms with E-state index in [0.717, 1.165) is 21.1 Å². The van der Waals surface area contributed by atoms with E-state index in [0.29, 0.717) is 22.0 Å². The van der Waals surface area contributed by atoms with Gasteiger partial charge in [-0.3, -0.25) is 14.7 Å². The number of aromatic nitrogens is 2. The van der Waals surface area contributed by atoms with Crippen LogP contribution in [0.4, 0.5) is 0 Å². The third-order valence-electron chi connectivity index (χ3n) is 4.04. The van der Waals surface area contributed by atoms with Crippen molar-refractivity contribution in [3.63, 3.8) is 0 Å². The van der Waals surface area contributed by atoms with Crippen LogP contribution in [0.5, 0.6) is 0 Å². The van der Waals surface area contributed by atoms with E-state index < -0.39 is 0 Å². The zero-order valence-corrected chi connectivity index (χ0v) is 16.2. The number of hydroxylamine groups is 2. The van der Waals surface area contributed by atoms with Crippen molar-refractivity contribution in [2.75, 3.05) is 20.4 Å². The molecule has 0 bridgehead atoms. The van der Waals surface area contributed by atoms with Gasteiger partial charge in [-0.1, -0.05) is 35.9 Å².